The van der Waals surface area contributed by atoms with Crippen LogP contribution in [0.2, 0.25) is 0 Å². The van der Waals surface area contributed by atoms with Gasteiger partial charge in [0.2, 0.25) is 0 Å². The van der Waals surface area contributed by atoms with Crippen LogP contribution in [0, 0.1) is 5.82 Å². The Labute approximate surface area is 110 Å². The van der Waals surface area contributed by atoms with E-state index in [0.717, 1.165) is 11.0 Å². The average Bonchev–Trinajstić information content (AvgIpc) is 2.82. The van der Waals surface area contributed by atoms with Gasteiger partial charge in [0.1, 0.15) is 6.61 Å². The van der Waals surface area contributed by atoms with E-state index < -0.39 is 0 Å². The smallest absolute Gasteiger partial charge is 0.165 e. The lowest BCUT2D eigenvalue weighted by Gasteiger charge is -2.12. The van der Waals surface area contributed by atoms with Gasteiger partial charge in [0.25, 0.3) is 0 Å². The lowest BCUT2D eigenvalue weighted by Crippen LogP contribution is -2.30. The molecule has 0 amide bonds. The Morgan fingerprint density at radius 1 is 1.35 bits per heavy atom. The number of hydrogen-bond acceptors (Lipinski definition) is 2. The molecule has 0 spiro atoms. The van der Waals surface area contributed by atoms with E-state index in [1.165, 1.54) is 31.7 Å². The van der Waals surface area contributed by atoms with E-state index in [1.807, 2.05) is 0 Å². The van der Waals surface area contributed by atoms with Crippen LogP contribution in [0.15, 0.2) is 22.7 Å². The van der Waals surface area contributed by atoms with Gasteiger partial charge in [0, 0.05) is 17.1 Å². The van der Waals surface area contributed by atoms with Gasteiger partial charge in [0.15, 0.2) is 11.6 Å². The standard InChI is InChI=1S/C13H17BrFNO/c14-10-5-6-12(15)13(9-10)17-8-7-16-11-3-1-2-4-11/h5-6,9,11,16H,1-4,7-8H2. The fourth-order valence-electron chi connectivity index (χ4n) is 2.14. The molecular weight excluding hydrogens is 285 g/mol. The second-order valence-corrected chi connectivity index (χ2v) is 5.27. The van der Waals surface area contributed by atoms with Crippen molar-refractivity contribution in [1.82, 2.24) is 5.32 Å². The van der Waals surface area contributed by atoms with E-state index in [2.05, 4.69) is 21.2 Å². The molecule has 17 heavy (non-hydrogen) atoms. The largest absolute Gasteiger partial charge is 0.489 e. The highest BCUT2D eigenvalue weighted by molar-refractivity contribution is 9.10. The maximum absolute atomic E-state index is 13.3. The number of nitrogens with one attached hydrogen (secondary N) is 1. The van der Waals surface area contributed by atoms with Crippen LogP contribution in [0.1, 0.15) is 25.7 Å². The Morgan fingerprint density at radius 3 is 2.88 bits per heavy atom. The molecule has 2 nitrogen and oxygen atoms in total. The summed E-state index contributed by atoms with van der Waals surface area (Å²) in [6, 6.07) is 5.36. The molecular formula is C13H17BrFNO. The molecule has 0 aromatic heterocycles. The van der Waals surface area contributed by atoms with Gasteiger partial charge in [-0.25, -0.2) is 4.39 Å². The molecule has 1 aliphatic rings. The summed E-state index contributed by atoms with van der Waals surface area (Å²) < 4.78 is 19.6. The molecule has 2 rings (SSSR count). The summed E-state index contributed by atoms with van der Waals surface area (Å²) in [5.74, 6) is 0.00154. The monoisotopic (exact) mass is 301 g/mol. The normalized spacial score (nSPS) is 16.4. The molecule has 1 saturated carbocycles. The minimum absolute atomic E-state index is 0.311. The Bertz CT molecular complexity index is 366. The van der Waals surface area contributed by atoms with Crippen molar-refractivity contribution in [3.63, 3.8) is 0 Å². The van der Waals surface area contributed by atoms with E-state index in [4.69, 9.17) is 4.74 Å². The molecule has 0 atom stereocenters. The molecule has 0 saturated heterocycles. The van der Waals surface area contributed by atoms with Crippen LogP contribution >= 0.6 is 15.9 Å². The number of rotatable bonds is 5. The van der Waals surface area contributed by atoms with Gasteiger partial charge in [-0.15, -0.1) is 0 Å². The number of ether oxygens (including phenoxy) is 1. The molecule has 0 bridgehead atoms. The van der Waals surface area contributed by atoms with E-state index in [9.17, 15) is 4.39 Å². The van der Waals surface area contributed by atoms with Gasteiger partial charge in [-0.2, -0.15) is 0 Å². The highest BCUT2D eigenvalue weighted by atomic mass is 79.9. The van der Waals surface area contributed by atoms with Crippen LogP contribution < -0.4 is 10.1 Å². The minimum atomic E-state index is -0.311. The lowest BCUT2D eigenvalue weighted by atomic mass is 10.2. The highest BCUT2D eigenvalue weighted by Crippen LogP contribution is 2.22. The SMILES string of the molecule is Fc1ccc(Br)cc1OCCNC1CCCC1. The second kappa shape index (κ2) is 6.36. The van der Waals surface area contributed by atoms with Crippen LogP contribution in [0.5, 0.6) is 5.75 Å². The first-order valence-corrected chi connectivity index (χ1v) is 6.86. The first kappa shape index (κ1) is 12.8. The summed E-state index contributed by atoms with van der Waals surface area (Å²) in [6.45, 7) is 1.28. The molecule has 94 valence electrons. The number of halogens is 2. The van der Waals surface area contributed by atoms with Crippen molar-refractivity contribution in [3.8, 4) is 5.75 Å². The summed E-state index contributed by atoms with van der Waals surface area (Å²) in [6.07, 6.45) is 5.15. The Hall–Kier alpha value is -0.610. The fourth-order valence-corrected chi connectivity index (χ4v) is 2.48. The van der Waals surface area contributed by atoms with Crippen LogP contribution in [0.4, 0.5) is 4.39 Å². The Morgan fingerprint density at radius 2 is 2.12 bits per heavy atom. The molecule has 0 radical (unpaired) electrons. The second-order valence-electron chi connectivity index (χ2n) is 4.36. The summed E-state index contributed by atoms with van der Waals surface area (Å²) in [5.41, 5.74) is 0. The van der Waals surface area contributed by atoms with Crippen molar-refractivity contribution >= 4 is 15.9 Å². The zero-order valence-corrected chi connectivity index (χ0v) is 11.3. The third-order valence-corrected chi connectivity index (χ3v) is 3.53. The van der Waals surface area contributed by atoms with Crippen LogP contribution in [0.3, 0.4) is 0 Å². The topological polar surface area (TPSA) is 21.3 Å². The van der Waals surface area contributed by atoms with E-state index in [0.29, 0.717) is 18.4 Å². The molecule has 1 aliphatic carbocycles. The predicted octanol–water partition coefficient (Wildman–Crippen LogP) is 3.50. The van der Waals surface area contributed by atoms with E-state index in [1.54, 1.807) is 12.1 Å². The van der Waals surface area contributed by atoms with Gasteiger partial charge in [0.05, 0.1) is 0 Å². The molecule has 0 heterocycles. The number of hydrogen-bond donors (Lipinski definition) is 1. The van der Waals surface area contributed by atoms with Gasteiger partial charge in [-0.3, -0.25) is 0 Å². The molecule has 1 N–H and O–H groups in total. The number of benzene rings is 1. The summed E-state index contributed by atoms with van der Waals surface area (Å²) in [4.78, 5) is 0. The first-order chi connectivity index (χ1) is 8.25. The summed E-state index contributed by atoms with van der Waals surface area (Å²) in [7, 11) is 0. The van der Waals surface area contributed by atoms with Crippen LogP contribution in [-0.4, -0.2) is 19.2 Å². The van der Waals surface area contributed by atoms with Gasteiger partial charge in [-0.1, -0.05) is 28.8 Å². The molecule has 1 aromatic carbocycles. The predicted molar refractivity (Wildman–Crippen MR) is 69.9 cm³/mol. The van der Waals surface area contributed by atoms with Crippen molar-refractivity contribution in [1.29, 1.82) is 0 Å². The zero-order chi connectivity index (χ0) is 12.1. The molecule has 4 heteroatoms. The molecule has 1 fully saturated rings. The molecule has 0 unspecified atom stereocenters. The van der Waals surface area contributed by atoms with Crippen LogP contribution in [0.25, 0.3) is 0 Å². The minimum Gasteiger partial charge on any atom is -0.489 e. The molecule has 1 aromatic rings. The van der Waals surface area contributed by atoms with Crippen molar-refractivity contribution < 1.29 is 9.13 Å². The Balaban J connectivity index is 1.72. The zero-order valence-electron chi connectivity index (χ0n) is 9.72. The third-order valence-electron chi connectivity index (χ3n) is 3.04. The molecule has 0 aliphatic heterocycles. The summed E-state index contributed by atoms with van der Waals surface area (Å²) >= 11 is 3.30. The average molecular weight is 302 g/mol. The highest BCUT2D eigenvalue weighted by Gasteiger charge is 2.13. The van der Waals surface area contributed by atoms with E-state index >= 15 is 0 Å². The lowest BCUT2D eigenvalue weighted by molar-refractivity contribution is 0.291. The van der Waals surface area contributed by atoms with Gasteiger partial charge < -0.3 is 10.1 Å². The van der Waals surface area contributed by atoms with Crippen molar-refractivity contribution in [2.24, 2.45) is 0 Å². The van der Waals surface area contributed by atoms with Crippen molar-refractivity contribution in [3.05, 3.63) is 28.5 Å². The van der Waals surface area contributed by atoms with E-state index in [-0.39, 0.29) is 5.82 Å². The third kappa shape index (κ3) is 3.96. The first-order valence-electron chi connectivity index (χ1n) is 6.07. The maximum Gasteiger partial charge on any atom is 0.165 e. The van der Waals surface area contributed by atoms with Gasteiger partial charge in [-0.05, 0) is 31.0 Å². The fraction of sp³-hybridized carbons (Fsp3) is 0.538. The quantitative estimate of drug-likeness (QED) is 0.841. The summed E-state index contributed by atoms with van der Waals surface area (Å²) in [5, 5.41) is 3.43. The van der Waals surface area contributed by atoms with Crippen LogP contribution in [-0.2, 0) is 0 Å². The van der Waals surface area contributed by atoms with Crippen molar-refractivity contribution in [2.75, 3.05) is 13.2 Å². The van der Waals surface area contributed by atoms with Crippen molar-refractivity contribution in [2.45, 2.75) is 31.7 Å². The van der Waals surface area contributed by atoms with Gasteiger partial charge >= 0.3 is 0 Å². The Kier molecular flexibility index (Phi) is 4.80. The maximum atomic E-state index is 13.3.